The lowest BCUT2D eigenvalue weighted by molar-refractivity contribution is -0.119. The van der Waals surface area contributed by atoms with Crippen molar-refractivity contribution in [2.24, 2.45) is 0 Å². The predicted molar refractivity (Wildman–Crippen MR) is 114 cm³/mol. The SMILES string of the molecule is CCC[C@H](C)NC(=O)CSc1nnc(Cc2ccccc2)n1-c1ccc(F)cc1. The number of halogens is 1. The van der Waals surface area contributed by atoms with Gasteiger partial charge in [0.1, 0.15) is 11.6 Å². The van der Waals surface area contributed by atoms with Crippen LogP contribution >= 0.6 is 11.8 Å². The number of carbonyl (C=O) groups excluding carboxylic acids is 1. The van der Waals surface area contributed by atoms with Crippen molar-refractivity contribution in [1.29, 1.82) is 0 Å². The van der Waals surface area contributed by atoms with Gasteiger partial charge in [0.15, 0.2) is 5.16 Å². The van der Waals surface area contributed by atoms with Gasteiger partial charge in [0.05, 0.1) is 5.75 Å². The first-order chi connectivity index (χ1) is 14.1. The lowest BCUT2D eigenvalue weighted by atomic mass is 10.1. The van der Waals surface area contributed by atoms with Crippen LogP contribution in [0.3, 0.4) is 0 Å². The van der Waals surface area contributed by atoms with Crippen LogP contribution in [-0.4, -0.2) is 32.5 Å². The molecule has 0 aliphatic heterocycles. The predicted octanol–water partition coefficient (Wildman–Crippen LogP) is 4.39. The van der Waals surface area contributed by atoms with Gasteiger partial charge >= 0.3 is 0 Å². The molecule has 0 aliphatic rings. The molecule has 1 atom stereocenters. The zero-order chi connectivity index (χ0) is 20.6. The lowest BCUT2D eigenvalue weighted by Gasteiger charge is -2.13. The van der Waals surface area contributed by atoms with Crippen molar-refractivity contribution in [3.8, 4) is 5.69 Å². The standard InChI is InChI=1S/C22H25FN4OS/c1-3-7-16(2)24-21(28)15-29-22-26-25-20(14-17-8-5-4-6-9-17)27(22)19-12-10-18(23)11-13-19/h4-6,8-13,16H,3,7,14-15H2,1-2H3,(H,24,28)/t16-/m0/s1. The molecule has 0 saturated heterocycles. The van der Waals surface area contributed by atoms with E-state index in [2.05, 4.69) is 22.4 Å². The molecular formula is C22H25FN4OS. The molecule has 0 spiro atoms. The molecular weight excluding hydrogens is 387 g/mol. The summed E-state index contributed by atoms with van der Waals surface area (Å²) in [4.78, 5) is 12.3. The van der Waals surface area contributed by atoms with Gasteiger partial charge in [0.25, 0.3) is 0 Å². The molecule has 3 aromatic rings. The Kier molecular flexibility index (Phi) is 7.41. The number of thioether (sulfide) groups is 1. The third-order valence-corrected chi connectivity index (χ3v) is 5.38. The Bertz CT molecular complexity index is 928. The van der Waals surface area contributed by atoms with Crippen molar-refractivity contribution in [3.63, 3.8) is 0 Å². The number of hydrogen-bond donors (Lipinski definition) is 1. The van der Waals surface area contributed by atoms with Gasteiger partial charge in [0, 0.05) is 18.2 Å². The minimum absolute atomic E-state index is 0.0331. The summed E-state index contributed by atoms with van der Waals surface area (Å²) in [6, 6.07) is 16.3. The highest BCUT2D eigenvalue weighted by Gasteiger charge is 2.17. The van der Waals surface area contributed by atoms with Crippen molar-refractivity contribution in [2.75, 3.05) is 5.75 Å². The van der Waals surface area contributed by atoms with E-state index in [9.17, 15) is 9.18 Å². The number of nitrogens with zero attached hydrogens (tertiary/aromatic N) is 3. The van der Waals surface area contributed by atoms with E-state index in [0.29, 0.717) is 11.6 Å². The molecule has 0 fully saturated rings. The Morgan fingerprint density at radius 3 is 2.55 bits per heavy atom. The monoisotopic (exact) mass is 412 g/mol. The van der Waals surface area contributed by atoms with Gasteiger partial charge in [-0.05, 0) is 43.2 Å². The Morgan fingerprint density at radius 1 is 1.14 bits per heavy atom. The maximum absolute atomic E-state index is 13.4. The average molecular weight is 413 g/mol. The molecule has 0 unspecified atom stereocenters. The Morgan fingerprint density at radius 2 is 1.86 bits per heavy atom. The van der Waals surface area contributed by atoms with E-state index in [1.54, 1.807) is 12.1 Å². The molecule has 1 amide bonds. The number of benzene rings is 2. The van der Waals surface area contributed by atoms with Gasteiger partial charge in [-0.15, -0.1) is 10.2 Å². The van der Waals surface area contributed by atoms with Crippen LogP contribution < -0.4 is 5.32 Å². The van der Waals surface area contributed by atoms with Gasteiger partial charge in [0.2, 0.25) is 5.91 Å². The first kappa shape index (κ1) is 21.0. The molecule has 29 heavy (non-hydrogen) atoms. The smallest absolute Gasteiger partial charge is 0.230 e. The number of nitrogens with one attached hydrogen (secondary N) is 1. The van der Waals surface area contributed by atoms with E-state index in [1.807, 2.05) is 41.8 Å². The first-order valence-corrected chi connectivity index (χ1v) is 10.7. The molecule has 7 heteroatoms. The van der Waals surface area contributed by atoms with Crippen molar-refractivity contribution in [3.05, 3.63) is 71.8 Å². The van der Waals surface area contributed by atoms with Crippen LogP contribution in [0.2, 0.25) is 0 Å². The fraction of sp³-hybridized carbons (Fsp3) is 0.318. The molecule has 5 nitrogen and oxygen atoms in total. The van der Waals surface area contributed by atoms with Crippen LogP contribution in [0.1, 0.15) is 38.1 Å². The molecule has 0 radical (unpaired) electrons. The summed E-state index contributed by atoms with van der Waals surface area (Å²) in [7, 11) is 0. The summed E-state index contributed by atoms with van der Waals surface area (Å²) >= 11 is 1.33. The maximum atomic E-state index is 13.4. The minimum Gasteiger partial charge on any atom is -0.353 e. The van der Waals surface area contributed by atoms with Crippen LogP contribution in [0.25, 0.3) is 5.69 Å². The lowest BCUT2D eigenvalue weighted by Crippen LogP contribution is -2.33. The van der Waals surface area contributed by atoms with Crippen LogP contribution in [0.5, 0.6) is 0 Å². The van der Waals surface area contributed by atoms with Gasteiger partial charge in [-0.25, -0.2) is 4.39 Å². The Labute approximate surface area is 174 Å². The summed E-state index contributed by atoms with van der Waals surface area (Å²) in [6.45, 7) is 4.10. The zero-order valence-corrected chi connectivity index (χ0v) is 17.5. The average Bonchev–Trinajstić information content (AvgIpc) is 3.10. The van der Waals surface area contributed by atoms with Crippen molar-refractivity contribution in [1.82, 2.24) is 20.1 Å². The van der Waals surface area contributed by atoms with Gasteiger partial charge in [-0.3, -0.25) is 9.36 Å². The molecule has 1 heterocycles. The topological polar surface area (TPSA) is 59.8 Å². The van der Waals surface area contributed by atoms with Crippen LogP contribution in [0.4, 0.5) is 4.39 Å². The quantitative estimate of drug-likeness (QED) is 0.530. The van der Waals surface area contributed by atoms with Crippen molar-refractivity contribution >= 4 is 17.7 Å². The Balaban J connectivity index is 1.81. The van der Waals surface area contributed by atoms with Crippen molar-refractivity contribution in [2.45, 2.75) is 44.3 Å². The summed E-state index contributed by atoms with van der Waals surface area (Å²) in [5.74, 6) is 0.655. The fourth-order valence-electron chi connectivity index (χ4n) is 3.09. The normalized spacial score (nSPS) is 12.0. The highest BCUT2D eigenvalue weighted by atomic mass is 32.2. The highest BCUT2D eigenvalue weighted by Crippen LogP contribution is 2.24. The highest BCUT2D eigenvalue weighted by molar-refractivity contribution is 7.99. The molecule has 152 valence electrons. The second-order valence-electron chi connectivity index (χ2n) is 6.92. The first-order valence-electron chi connectivity index (χ1n) is 9.73. The van der Waals surface area contributed by atoms with Gasteiger partial charge in [-0.1, -0.05) is 55.4 Å². The third kappa shape index (κ3) is 5.90. The number of carbonyl (C=O) groups is 1. The van der Waals surface area contributed by atoms with Crippen LogP contribution in [0, 0.1) is 5.82 Å². The third-order valence-electron chi connectivity index (χ3n) is 4.45. The van der Waals surface area contributed by atoms with E-state index < -0.39 is 0 Å². The summed E-state index contributed by atoms with van der Waals surface area (Å²) < 4.78 is 15.3. The molecule has 1 aromatic heterocycles. The number of amides is 1. The van der Waals surface area contributed by atoms with E-state index in [1.165, 1.54) is 23.9 Å². The van der Waals surface area contributed by atoms with Gasteiger partial charge in [-0.2, -0.15) is 0 Å². The molecule has 0 bridgehead atoms. The largest absolute Gasteiger partial charge is 0.353 e. The summed E-state index contributed by atoms with van der Waals surface area (Å²) in [5, 5.41) is 12.3. The summed E-state index contributed by atoms with van der Waals surface area (Å²) in [6.07, 6.45) is 2.56. The number of rotatable bonds is 9. The number of aromatic nitrogens is 3. The zero-order valence-electron chi connectivity index (χ0n) is 16.6. The maximum Gasteiger partial charge on any atom is 0.230 e. The second kappa shape index (κ2) is 10.2. The van der Waals surface area contributed by atoms with E-state index >= 15 is 0 Å². The molecule has 2 aromatic carbocycles. The van der Waals surface area contributed by atoms with E-state index in [4.69, 9.17) is 0 Å². The van der Waals surface area contributed by atoms with E-state index in [0.717, 1.165) is 29.9 Å². The molecule has 1 N–H and O–H groups in total. The Hall–Kier alpha value is -2.67. The van der Waals surface area contributed by atoms with E-state index in [-0.39, 0.29) is 23.5 Å². The minimum atomic E-state index is -0.301. The van der Waals surface area contributed by atoms with Crippen molar-refractivity contribution < 1.29 is 9.18 Å². The van der Waals surface area contributed by atoms with Crippen LogP contribution in [0.15, 0.2) is 59.8 Å². The molecule has 0 aliphatic carbocycles. The van der Waals surface area contributed by atoms with Gasteiger partial charge < -0.3 is 5.32 Å². The summed E-state index contributed by atoms with van der Waals surface area (Å²) in [5.41, 5.74) is 1.87. The fourth-order valence-corrected chi connectivity index (χ4v) is 3.87. The molecule has 0 saturated carbocycles. The second-order valence-corrected chi connectivity index (χ2v) is 7.86. The number of hydrogen-bond acceptors (Lipinski definition) is 4. The molecule has 3 rings (SSSR count). The van der Waals surface area contributed by atoms with Crippen LogP contribution in [-0.2, 0) is 11.2 Å².